The van der Waals surface area contributed by atoms with E-state index in [1.165, 1.54) is 12.1 Å². The van der Waals surface area contributed by atoms with Crippen LogP contribution in [0.3, 0.4) is 0 Å². The summed E-state index contributed by atoms with van der Waals surface area (Å²) in [7, 11) is 0. The van der Waals surface area contributed by atoms with Gasteiger partial charge in [0.2, 0.25) is 0 Å². The van der Waals surface area contributed by atoms with Crippen molar-refractivity contribution in [1.29, 1.82) is 0 Å². The van der Waals surface area contributed by atoms with Gasteiger partial charge in [-0.1, -0.05) is 47.6 Å². The van der Waals surface area contributed by atoms with Gasteiger partial charge in [0.05, 0.1) is 0 Å². The second-order valence-electron chi connectivity index (χ2n) is 7.15. The molecule has 21 heavy (non-hydrogen) atoms. The van der Waals surface area contributed by atoms with Crippen molar-refractivity contribution in [3.63, 3.8) is 0 Å². The number of alkyl halides is 2. The van der Waals surface area contributed by atoms with E-state index in [1.54, 1.807) is 0 Å². The molecule has 0 radical (unpaired) electrons. The fourth-order valence-corrected chi connectivity index (χ4v) is 1.71. The zero-order chi connectivity index (χ0) is 16.6. The van der Waals surface area contributed by atoms with Crippen LogP contribution in [0.1, 0.15) is 52.7 Å². The molecule has 1 aromatic rings. The summed E-state index contributed by atoms with van der Waals surface area (Å²) in [6.07, 6.45) is -4.36. The zero-order valence-electron chi connectivity index (χ0n) is 13.2. The Balaban J connectivity index is 3.36. The van der Waals surface area contributed by atoms with Crippen LogP contribution in [0.4, 0.5) is 8.78 Å². The number of hydrogen-bond donors (Lipinski definition) is 0. The lowest BCUT2D eigenvalue weighted by Gasteiger charge is -2.27. The number of benzene rings is 1. The first-order valence-electron chi connectivity index (χ1n) is 6.68. The van der Waals surface area contributed by atoms with E-state index in [0.29, 0.717) is 0 Å². The molecule has 0 aromatic heterocycles. The molecule has 0 fully saturated rings. The number of ether oxygens (including phenoxy) is 1. The minimum Gasteiger partial charge on any atom is -0.541 e. The van der Waals surface area contributed by atoms with E-state index in [0.717, 1.165) is 11.1 Å². The van der Waals surface area contributed by atoms with Crippen molar-refractivity contribution >= 4 is 5.97 Å². The number of carbonyl (C=O) groups is 1. The summed E-state index contributed by atoms with van der Waals surface area (Å²) in [5, 5.41) is 10.4. The molecule has 118 valence electrons. The highest BCUT2D eigenvalue weighted by Gasteiger charge is 2.34. The fourth-order valence-electron chi connectivity index (χ4n) is 1.71. The molecule has 0 amide bonds. The molecule has 0 bridgehead atoms. The number of carboxylic acid groups (broad SMARTS) is 1. The van der Waals surface area contributed by atoms with Gasteiger partial charge < -0.3 is 14.6 Å². The van der Waals surface area contributed by atoms with E-state index >= 15 is 0 Å². The van der Waals surface area contributed by atoms with E-state index in [1.807, 2.05) is 47.6 Å². The predicted octanol–water partition coefficient (Wildman–Crippen LogP) is 3.00. The fraction of sp³-hybridized carbons (Fsp3) is 0.562. The van der Waals surface area contributed by atoms with Crippen molar-refractivity contribution in [3.8, 4) is 5.75 Å². The second kappa shape index (κ2) is 5.28. The number of aliphatic carboxylic acids is 1. The van der Waals surface area contributed by atoms with Gasteiger partial charge in [-0.05, 0) is 34.1 Å². The van der Waals surface area contributed by atoms with Gasteiger partial charge in [-0.25, -0.2) is 0 Å². The summed E-state index contributed by atoms with van der Waals surface area (Å²) in [4.78, 5) is 10.4. The van der Waals surface area contributed by atoms with Crippen molar-refractivity contribution in [2.24, 2.45) is 0 Å². The molecule has 0 unspecified atom stereocenters. The molecule has 5 heteroatoms. The summed E-state index contributed by atoms with van der Waals surface area (Å²) in [5.74, 6) is -2.73. The third-order valence-corrected chi connectivity index (χ3v) is 3.12. The summed E-state index contributed by atoms with van der Waals surface area (Å²) in [5.41, 5.74) is 1.02. The molecule has 0 aliphatic carbocycles. The number of carbonyl (C=O) groups excluding carboxylic acids is 1. The Morgan fingerprint density at radius 2 is 1.33 bits per heavy atom. The molecule has 0 aliphatic rings. The summed E-state index contributed by atoms with van der Waals surface area (Å²) in [6, 6.07) is 4.79. The topological polar surface area (TPSA) is 49.4 Å². The number of halogens is 2. The lowest BCUT2D eigenvalue weighted by atomic mass is 9.80. The first-order valence-corrected chi connectivity index (χ1v) is 6.68. The average Bonchev–Trinajstić information content (AvgIpc) is 2.25. The largest absolute Gasteiger partial charge is 0.541 e. The maximum Gasteiger partial charge on any atom is 0.441 e. The molecular weight excluding hydrogens is 278 g/mol. The van der Waals surface area contributed by atoms with Crippen molar-refractivity contribution < 1.29 is 23.4 Å². The van der Waals surface area contributed by atoms with Gasteiger partial charge in [0.25, 0.3) is 0 Å². The smallest absolute Gasteiger partial charge is 0.441 e. The number of carboxylic acids is 1. The maximum absolute atomic E-state index is 13.2. The normalized spacial score (nSPS) is 13.1. The van der Waals surface area contributed by atoms with Gasteiger partial charge in [-0.2, -0.15) is 8.78 Å². The highest BCUT2D eigenvalue weighted by Crippen LogP contribution is 2.34. The summed E-state index contributed by atoms with van der Waals surface area (Å²) < 4.78 is 30.7. The van der Waals surface area contributed by atoms with Crippen LogP contribution in [0.5, 0.6) is 5.75 Å². The first-order chi connectivity index (χ1) is 9.23. The zero-order valence-corrected chi connectivity index (χ0v) is 13.2. The number of rotatable bonds is 3. The Kier molecular flexibility index (Phi) is 4.37. The molecule has 0 saturated carbocycles. The van der Waals surface area contributed by atoms with Crippen LogP contribution in [0.2, 0.25) is 0 Å². The third-order valence-electron chi connectivity index (χ3n) is 3.12. The lowest BCUT2D eigenvalue weighted by Crippen LogP contribution is -2.45. The van der Waals surface area contributed by atoms with E-state index in [2.05, 4.69) is 4.74 Å². The highest BCUT2D eigenvalue weighted by molar-refractivity contribution is 5.71. The maximum atomic E-state index is 13.2. The van der Waals surface area contributed by atoms with Crippen molar-refractivity contribution in [2.75, 3.05) is 0 Å². The van der Waals surface area contributed by atoms with Gasteiger partial charge >= 0.3 is 6.11 Å². The van der Waals surface area contributed by atoms with Crippen molar-refractivity contribution in [2.45, 2.75) is 58.5 Å². The van der Waals surface area contributed by atoms with Crippen molar-refractivity contribution in [1.82, 2.24) is 0 Å². The lowest BCUT2D eigenvalue weighted by molar-refractivity contribution is -0.350. The van der Waals surface area contributed by atoms with E-state index in [4.69, 9.17) is 0 Å². The second-order valence-corrected chi connectivity index (χ2v) is 7.15. The SMILES string of the molecule is CC(C)(C)c1cc(OC(F)(F)C(=O)[O-])cc(C(C)(C)C)c1. The molecule has 0 heterocycles. The average molecular weight is 299 g/mol. The molecule has 0 saturated heterocycles. The van der Waals surface area contributed by atoms with Gasteiger partial charge in [0.1, 0.15) is 5.75 Å². The van der Waals surface area contributed by atoms with Gasteiger partial charge in [0, 0.05) is 0 Å². The first kappa shape index (κ1) is 17.4. The van der Waals surface area contributed by atoms with E-state index in [-0.39, 0.29) is 16.6 Å². The van der Waals surface area contributed by atoms with Crippen LogP contribution in [0.25, 0.3) is 0 Å². The Bertz CT molecular complexity index is 505. The molecule has 0 spiro atoms. The minimum absolute atomic E-state index is 0.179. The Labute approximate surface area is 123 Å². The van der Waals surface area contributed by atoms with Crippen LogP contribution in [0.15, 0.2) is 18.2 Å². The minimum atomic E-state index is -4.36. The molecule has 0 aliphatic heterocycles. The highest BCUT2D eigenvalue weighted by atomic mass is 19.3. The van der Waals surface area contributed by atoms with Gasteiger partial charge in [-0.15, -0.1) is 0 Å². The van der Waals surface area contributed by atoms with Crippen LogP contribution in [-0.2, 0) is 15.6 Å². The van der Waals surface area contributed by atoms with E-state index < -0.39 is 12.1 Å². The monoisotopic (exact) mass is 299 g/mol. The summed E-state index contributed by atoms with van der Waals surface area (Å²) in [6.45, 7) is 11.6. The Hall–Kier alpha value is -1.65. The quantitative estimate of drug-likeness (QED) is 0.862. The third kappa shape index (κ3) is 4.41. The van der Waals surface area contributed by atoms with Crippen molar-refractivity contribution in [3.05, 3.63) is 29.3 Å². The molecule has 3 nitrogen and oxygen atoms in total. The Morgan fingerprint density at radius 1 is 0.952 bits per heavy atom. The van der Waals surface area contributed by atoms with Crippen LogP contribution in [-0.4, -0.2) is 12.1 Å². The van der Waals surface area contributed by atoms with Gasteiger partial charge in [-0.3, -0.25) is 0 Å². The van der Waals surface area contributed by atoms with Crippen LogP contribution >= 0.6 is 0 Å². The van der Waals surface area contributed by atoms with E-state index in [9.17, 15) is 18.7 Å². The number of hydrogen-bond acceptors (Lipinski definition) is 3. The summed E-state index contributed by atoms with van der Waals surface area (Å²) >= 11 is 0. The standard InChI is InChI=1S/C16H22F2O3/c1-14(2,3)10-7-11(15(4,5)6)9-12(8-10)21-16(17,18)13(19)20/h7-9H,1-6H3,(H,19,20)/p-1. The van der Waals surface area contributed by atoms with Crippen LogP contribution in [0, 0.1) is 0 Å². The molecule has 0 atom stereocenters. The predicted molar refractivity (Wildman–Crippen MR) is 74.4 cm³/mol. The Morgan fingerprint density at radius 3 is 1.62 bits per heavy atom. The molecule has 1 aromatic carbocycles. The molecule has 1 rings (SSSR count). The van der Waals surface area contributed by atoms with Gasteiger partial charge in [0.15, 0.2) is 5.97 Å². The molecular formula is C16H21F2O3-. The molecule has 0 N–H and O–H groups in total. The van der Waals surface area contributed by atoms with Crippen LogP contribution < -0.4 is 9.84 Å².